The molecule has 0 aliphatic carbocycles. The quantitative estimate of drug-likeness (QED) is 0.757. The first kappa shape index (κ1) is 18.7. The molecule has 25 heavy (non-hydrogen) atoms. The van der Waals surface area contributed by atoms with E-state index >= 15 is 0 Å². The van der Waals surface area contributed by atoms with Gasteiger partial charge >= 0.3 is 0 Å². The maximum atomic E-state index is 12.6. The van der Waals surface area contributed by atoms with E-state index in [1.54, 1.807) is 14.2 Å². The van der Waals surface area contributed by atoms with E-state index in [1.807, 2.05) is 11.8 Å². The van der Waals surface area contributed by atoms with Crippen molar-refractivity contribution in [3.8, 4) is 0 Å². The fourth-order valence-electron chi connectivity index (χ4n) is 4.21. The molecule has 0 radical (unpaired) electrons. The lowest BCUT2D eigenvalue weighted by atomic mass is 9.76. The average Bonchev–Trinajstić information content (AvgIpc) is 3.18. The third kappa shape index (κ3) is 4.02. The van der Waals surface area contributed by atoms with Crippen molar-refractivity contribution >= 4 is 17.4 Å². The lowest BCUT2D eigenvalue weighted by Crippen LogP contribution is -2.44. The molecule has 3 heterocycles. The highest BCUT2D eigenvalue weighted by atomic mass is 32.1. The number of hydrogen-bond acceptors (Lipinski definition) is 7. The van der Waals surface area contributed by atoms with Crippen LogP contribution in [0.15, 0.2) is 0 Å². The number of rotatable bonds is 6. The molecule has 2 saturated heterocycles. The molecular formula is C17H28N4O3S. The molecule has 1 aromatic heterocycles. The van der Waals surface area contributed by atoms with Crippen LogP contribution in [0.1, 0.15) is 34.6 Å². The number of likely N-dealkylation sites (tertiary alicyclic amines) is 2. The van der Waals surface area contributed by atoms with Gasteiger partial charge in [-0.05, 0) is 43.1 Å². The number of nitrogens with zero attached hydrogens (tertiary/aromatic N) is 4. The average molecular weight is 369 g/mol. The first-order valence-electron chi connectivity index (χ1n) is 8.89. The molecule has 1 aromatic rings. The summed E-state index contributed by atoms with van der Waals surface area (Å²) < 4.78 is 14.6. The molecule has 140 valence electrons. The molecule has 1 unspecified atom stereocenters. The number of hydrogen-bond donors (Lipinski definition) is 0. The number of methoxy groups -OCH3 is 2. The monoisotopic (exact) mass is 368 g/mol. The molecule has 7 nitrogen and oxygen atoms in total. The van der Waals surface area contributed by atoms with Gasteiger partial charge in [0.1, 0.15) is 0 Å². The molecule has 0 bridgehead atoms. The Hall–Kier alpha value is -1.09. The molecule has 0 aromatic carbocycles. The van der Waals surface area contributed by atoms with Crippen LogP contribution in [0, 0.1) is 12.3 Å². The smallest absolute Gasteiger partial charge is 0.275 e. The normalized spacial score (nSPS) is 23.5. The number of piperidine rings is 1. The Labute approximate surface area is 153 Å². The summed E-state index contributed by atoms with van der Waals surface area (Å²) in [6, 6.07) is 0.451. The van der Waals surface area contributed by atoms with Crippen LogP contribution in [0.4, 0.5) is 0 Å². The topological polar surface area (TPSA) is 67.8 Å². The van der Waals surface area contributed by atoms with Gasteiger partial charge in [0.2, 0.25) is 0 Å². The van der Waals surface area contributed by atoms with Crippen molar-refractivity contribution in [3.63, 3.8) is 0 Å². The lowest BCUT2D eigenvalue weighted by molar-refractivity contribution is 0.0576. The number of ether oxygens (including phenoxy) is 2. The van der Waals surface area contributed by atoms with E-state index in [1.165, 1.54) is 11.5 Å². The van der Waals surface area contributed by atoms with E-state index in [0.29, 0.717) is 17.2 Å². The molecule has 2 aliphatic heterocycles. The van der Waals surface area contributed by atoms with Crippen LogP contribution in [0.25, 0.3) is 0 Å². The first-order chi connectivity index (χ1) is 12.1. The summed E-state index contributed by atoms with van der Waals surface area (Å²) in [6.07, 6.45) is 3.22. The van der Waals surface area contributed by atoms with Crippen LogP contribution >= 0.6 is 11.5 Å². The molecule has 2 fully saturated rings. The van der Waals surface area contributed by atoms with Crippen molar-refractivity contribution in [2.45, 2.75) is 32.2 Å². The Kier molecular flexibility index (Phi) is 6.04. The summed E-state index contributed by atoms with van der Waals surface area (Å²) in [5, 5.41) is 4.00. The van der Waals surface area contributed by atoms with Crippen LogP contribution in [0.3, 0.4) is 0 Å². The lowest BCUT2D eigenvalue weighted by Gasteiger charge is -2.39. The van der Waals surface area contributed by atoms with Crippen LogP contribution in [0.2, 0.25) is 0 Å². The Morgan fingerprint density at radius 2 is 2.08 bits per heavy atom. The van der Waals surface area contributed by atoms with Gasteiger partial charge in [-0.2, -0.15) is 0 Å². The fourth-order valence-corrected chi connectivity index (χ4v) is 4.67. The standard InChI is InChI=1S/C17H28N4O3S/c1-13-15(18-19-25-13)16(22)20-6-4-17(5-7-20)10-14(11-24-3)21(12-17)8-9-23-2/h14H,4-12H2,1-3H3. The van der Waals surface area contributed by atoms with Crippen molar-refractivity contribution in [2.75, 3.05) is 53.6 Å². The van der Waals surface area contributed by atoms with E-state index in [4.69, 9.17) is 9.47 Å². The Morgan fingerprint density at radius 3 is 2.68 bits per heavy atom. The van der Waals surface area contributed by atoms with Crippen molar-refractivity contribution < 1.29 is 14.3 Å². The van der Waals surface area contributed by atoms with Gasteiger partial charge in [-0.25, -0.2) is 0 Å². The number of carbonyl (C=O) groups is 1. The second-order valence-corrected chi connectivity index (χ2v) is 8.20. The van der Waals surface area contributed by atoms with Gasteiger partial charge in [0, 0.05) is 46.4 Å². The Morgan fingerprint density at radius 1 is 1.32 bits per heavy atom. The SMILES string of the molecule is COCCN1CC2(CCN(C(=O)c3nnsc3C)CC2)CC1COC. The summed E-state index contributed by atoms with van der Waals surface area (Å²) >= 11 is 1.29. The zero-order valence-electron chi connectivity index (χ0n) is 15.4. The minimum Gasteiger partial charge on any atom is -0.383 e. The Balaban J connectivity index is 1.60. The second kappa shape index (κ2) is 8.07. The molecule has 1 amide bonds. The van der Waals surface area contributed by atoms with Gasteiger partial charge in [0.05, 0.1) is 18.1 Å². The predicted octanol–water partition coefficient (Wildman–Crippen LogP) is 1.44. The van der Waals surface area contributed by atoms with E-state index in [-0.39, 0.29) is 5.91 Å². The minimum atomic E-state index is 0.0313. The van der Waals surface area contributed by atoms with Crippen molar-refractivity contribution in [2.24, 2.45) is 5.41 Å². The molecule has 1 spiro atoms. The van der Waals surface area contributed by atoms with Crippen LogP contribution in [0.5, 0.6) is 0 Å². The predicted molar refractivity (Wildman–Crippen MR) is 95.9 cm³/mol. The summed E-state index contributed by atoms with van der Waals surface area (Å²) in [6.45, 7) is 7.03. The van der Waals surface area contributed by atoms with Gasteiger partial charge in [-0.3, -0.25) is 9.69 Å². The summed E-state index contributed by atoms with van der Waals surface area (Å²) in [5.74, 6) is 0.0313. The Bertz CT molecular complexity index is 586. The van der Waals surface area contributed by atoms with Crippen molar-refractivity contribution in [3.05, 3.63) is 10.6 Å². The maximum Gasteiger partial charge on any atom is 0.275 e. The van der Waals surface area contributed by atoms with Crippen LogP contribution in [-0.2, 0) is 9.47 Å². The third-order valence-electron chi connectivity index (χ3n) is 5.63. The van der Waals surface area contributed by atoms with Gasteiger partial charge in [0.15, 0.2) is 5.69 Å². The van der Waals surface area contributed by atoms with Gasteiger partial charge in [0.25, 0.3) is 5.91 Å². The zero-order valence-corrected chi connectivity index (χ0v) is 16.2. The van der Waals surface area contributed by atoms with Crippen LogP contribution in [-0.4, -0.2) is 84.9 Å². The van der Waals surface area contributed by atoms with E-state index in [9.17, 15) is 4.79 Å². The number of carbonyl (C=O) groups excluding carboxylic acids is 1. The second-order valence-electron chi connectivity index (χ2n) is 7.25. The van der Waals surface area contributed by atoms with E-state index in [2.05, 4.69) is 14.5 Å². The molecule has 3 rings (SSSR count). The molecule has 8 heteroatoms. The highest BCUT2D eigenvalue weighted by Crippen LogP contribution is 2.43. The van der Waals surface area contributed by atoms with E-state index in [0.717, 1.165) is 63.5 Å². The van der Waals surface area contributed by atoms with E-state index < -0.39 is 0 Å². The fraction of sp³-hybridized carbons (Fsp3) is 0.824. The molecule has 1 atom stereocenters. The molecule has 0 saturated carbocycles. The highest BCUT2D eigenvalue weighted by molar-refractivity contribution is 7.05. The highest BCUT2D eigenvalue weighted by Gasteiger charge is 2.46. The summed E-state index contributed by atoms with van der Waals surface area (Å²) in [5.41, 5.74) is 0.815. The summed E-state index contributed by atoms with van der Waals surface area (Å²) in [7, 11) is 3.52. The molecule has 0 N–H and O–H groups in total. The van der Waals surface area contributed by atoms with Gasteiger partial charge in [-0.1, -0.05) is 4.49 Å². The maximum absolute atomic E-state index is 12.6. The van der Waals surface area contributed by atoms with Crippen molar-refractivity contribution in [1.82, 2.24) is 19.4 Å². The molecular weight excluding hydrogens is 340 g/mol. The third-order valence-corrected chi connectivity index (χ3v) is 6.26. The number of aromatic nitrogens is 2. The molecule has 2 aliphatic rings. The zero-order chi connectivity index (χ0) is 17.9. The van der Waals surface area contributed by atoms with Gasteiger partial charge in [-0.15, -0.1) is 5.10 Å². The van der Waals surface area contributed by atoms with Crippen molar-refractivity contribution in [1.29, 1.82) is 0 Å². The number of aryl methyl sites for hydroxylation is 1. The van der Waals surface area contributed by atoms with Gasteiger partial charge < -0.3 is 14.4 Å². The largest absolute Gasteiger partial charge is 0.383 e. The van der Waals surface area contributed by atoms with Crippen LogP contribution < -0.4 is 0 Å². The minimum absolute atomic E-state index is 0.0313. The first-order valence-corrected chi connectivity index (χ1v) is 9.66. The summed E-state index contributed by atoms with van der Waals surface area (Å²) in [4.78, 5) is 18.0. The number of amides is 1.